The second kappa shape index (κ2) is 8.80. The quantitative estimate of drug-likeness (QED) is 0.596. The minimum absolute atomic E-state index is 0.128. The summed E-state index contributed by atoms with van der Waals surface area (Å²) in [6.07, 6.45) is 0. The van der Waals surface area contributed by atoms with Crippen LogP contribution in [0.2, 0.25) is 0 Å². The van der Waals surface area contributed by atoms with Gasteiger partial charge in [0.05, 0.1) is 23.4 Å². The topological polar surface area (TPSA) is 62.2 Å². The number of amides is 1. The Balaban J connectivity index is 1.81. The molecule has 1 atom stereocenters. The third kappa shape index (κ3) is 4.68. The van der Waals surface area contributed by atoms with E-state index >= 15 is 0 Å². The van der Waals surface area contributed by atoms with Crippen LogP contribution in [0.1, 0.15) is 52.4 Å². The van der Waals surface area contributed by atoms with Crippen LogP contribution in [0, 0.1) is 18.6 Å². The van der Waals surface area contributed by atoms with E-state index in [-0.39, 0.29) is 23.9 Å². The minimum atomic E-state index is -0.673. The Morgan fingerprint density at radius 1 is 1.17 bits per heavy atom. The molecule has 0 fully saturated rings. The Hall–Kier alpha value is -2.64. The number of hydrogen-bond acceptors (Lipinski definition) is 4. The first-order valence-corrected chi connectivity index (χ1v) is 10.1. The van der Waals surface area contributed by atoms with E-state index in [1.807, 2.05) is 13.8 Å². The molecule has 1 aromatic heterocycles. The second-order valence-electron chi connectivity index (χ2n) is 7.13. The number of aromatic nitrogens is 1. The van der Waals surface area contributed by atoms with Gasteiger partial charge in [-0.05, 0) is 42.3 Å². The van der Waals surface area contributed by atoms with Gasteiger partial charge in [-0.25, -0.2) is 13.8 Å². The number of benzene rings is 2. The predicted octanol–water partition coefficient (Wildman–Crippen LogP) is 4.98. The number of carbonyl (C=O) groups is 1. The highest BCUT2D eigenvalue weighted by molar-refractivity contribution is 7.09. The van der Waals surface area contributed by atoms with Gasteiger partial charge in [-0.2, -0.15) is 0 Å². The summed E-state index contributed by atoms with van der Waals surface area (Å²) in [4.78, 5) is 17.0. The second-order valence-corrected chi connectivity index (χ2v) is 8.02. The van der Waals surface area contributed by atoms with Crippen molar-refractivity contribution in [1.29, 1.82) is 0 Å². The van der Waals surface area contributed by atoms with Crippen LogP contribution in [0.15, 0.2) is 41.8 Å². The van der Waals surface area contributed by atoms with Gasteiger partial charge in [0.25, 0.3) is 5.91 Å². The largest absolute Gasteiger partial charge is 0.394 e. The van der Waals surface area contributed by atoms with Crippen LogP contribution in [-0.4, -0.2) is 22.6 Å². The zero-order valence-corrected chi connectivity index (χ0v) is 17.2. The lowest BCUT2D eigenvalue weighted by Gasteiger charge is -2.15. The molecular weight excluding hydrogens is 394 g/mol. The molecule has 0 bridgehead atoms. The molecule has 1 amide bonds. The summed E-state index contributed by atoms with van der Waals surface area (Å²) < 4.78 is 28.0. The molecule has 0 saturated heterocycles. The highest BCUT2D eigenvalue weighted by atomic mass is 32.1. The standard InChI is InChI=1S/C22H22F2N2O2S/c1-12(2)22-26-20(11-29-22)19(10-27)25-21(28)14-4-6-17(18(24)9-14)16-7-5-15(23)8-13(16)3/h4-9,11-12,19,27H,10H2,1-3H3,(H,25,28). The number of thiazole rings is 1. The van der Waals surface area contributed by atoms with Crippen molar-refractivity contribution in [2.75, 3.05) is 6.61 Å². The number of halogens is 2. The van der Waals surface area contributed by atoms with Crippen molar-refractivity contribution in [2.24, 2.45) is 0 Å². The Labute approximate surface area is 172 Å². The summed E-state index contributed by atoms with van der Waals surface area (Å²) in [5.41, 5.74) is 2.16. The molecule has 0 spiro atoms. The smallest absolute Gasteiger partial charge is 0.252 e. The molecule has 4 nitrogen and oxygen atoms in total. The first kappa shape index (κ1) is 21.1. The third-order valence-corrected chi connectivity index (χ3v) is 5.75. The Morgan fingerprint density at radius 2 is 1.90 bits per heavy atom. The van der Waals surface area contributed by atoms with Crippen molar-refractivity contribution < 1.29 is 18.7 Å². The van der Waals surface area contributed by atoms with E-state index in [1.54, 1.807) is 12.3 Å². The molecule has 29 heavy (non-hydrogen) atoms. The summed E-state index contributed by atoms with van der Waals surface area (Å²) in [5, 5.41) is 15.1. The molecule has 152 valence electrons. The summed E-state index contributed by atoms with van der Waals surface area (Å²) in [6.45, 7) is 5.41. The molecule has 0 aliphatic rings. The van der Waals surface area contributed by atoms with Gasteiger partial charge in [-0.3, -0.25) is 4.79 Å². The predicted molar refractivity (Wildman–Crippen MR) is 110 cm³/mol. The SMILES string of the molecule is Cc1cc(F)ccc1-c1ccc(C(=O)NC(CO)c2csc(C(C)C)n2)cc1F. The maximum absolute atomic E-state index is 14.7. The lowest BCUT2D eigenvalue weighted by Crippen LogP contribution is -2.31. The Kier molecular flexibility index (Phi) is 6.39. The van der Waals surface area contributed by atoms with Crippen LogP contribution >= 0.6 is 11.3 Å². The molecule has 7 heteroatoms. The Bertz CT molecular complexity index is 1030. The molecule has 2 aromatic carbocycles. The maximum atomic E-state index is 14.7. The lowest BCUT2D eigenvalue weighted by atomic mass is 9.98. The zero-order valence-electron chi connectivity index (χ0n) is 16.4. The third-order valence-electron chi connectivity index (χ3n) is 4.59. The molecule has 0 aliphatic heterocycles. The van der Waals surface area contributed by atoms with E-state index in [0.29, 0.717) is 22.4 Å². The van der Waals surface area contributed by atoms with Crippen molar-refractivity contribution in [3.05, 3.63) is 75.2 Å². The van der Waals surface area contributed by atoms with Gasteiger partial charge < -0.3 is 10.4 Å². The molecular formula is C22H22F2N2O2S. The van der Waals surface area contributed by atoms with Gasteiger partial charge >= 0.3 is 0 Å². The summed E-state index contributed by atoms with van der Waals surface area (Å²) in [6, 6.07) is 7.59. The molecule has 0 radical (unpaired) electrons. The fraction of sp³-hybridized carbons (Fsp3) is 0.273. The monoisotopic (exact) mass is 416 g/mol. The van der Waals surface area contributed by atoms with Gasteiger partial charge in [0.1, 0.15) is 11.6 Å². The van der Waals surface area contributed by atoms with Crippen molar-refractivity contribution in [2.45, 2.75) is 32.7 Å². The van der Waals surface area contributed by atoms with E-state index in [4.69, 9.17) is 0 Å². The van der Waals surface area contributed by atoms with Crippen LogP contribution in [0.4, 0.5) is 8.78 Å². The van der Waals surface area contributed by atoms with E-state index in [1.165, 1.54) is 41.7 Å². The fourth-order valence-corrected chi connectivity index (χ4v) is 3.87. The van der Waals surface area contributed by atoms with Gasteiger partial charge in [0.2, 0.25) is 0 Å². The van der Waals surface area contributed by atoms with Crippen molar-refractivity contribution in [3.63, 3.8) is 0 Å². The molecule has 0 saturated carbocycles. The first-order valence-electron chi connectivity index (χ1n) is 9.23. The highest BCUT2D eigenvalue weighted by Gasteiger charge is 2.20. The van der Waals surface area contributed by atoms with E-state index in [2.05, 4.69) is 10.3 Å². The van der Waals surface area contributed by atoms with E-state index in [0.717, 1.165) is 11.1 Å². The van der Waals surface area contributed by atoms with Gasteiger partial charge in [0, 0.05) is 22.4 Å². The van der Waals surface area contributed by atoms with Crippen LogP contribution in [0.5, 0.6) is 0 Å². The van der Waals surface area contributed by atoms with Crippen LogP contribution < -0.4 is 5.32 Å². The lowest BCUT2D eigenvalue weighted by molar-refractivity contribution is 0.0914. The number of hydrogen-bond donors (Lipinski definition) is 2. The van der Waals surface area contributed by atoms with E-state index < -0.39 is 17.8 Å². The Morgan fingerprint density at radius 3 is 2.48 bits per heavy atom. The number of aliphatic hydroxyl groups excluding tert-OH is 1. The normalized spacial score (nSPS) is 12.2. The molecule has 1 heterocycles. The van der Waals surface area contributed by atoms with Gasteiger partial charge in [-0.1, -0.05) is 26.0 Å². The highest BCUT2D eigenvalue weighted by Crippen LogP contribution is 2.28. The first-order chi connectivity index (χ1) is 13.8. The van der Waals surface area contributed by atoms with Crippen LogP contribution in [-0.2, 0) is 0 Å². The number of nitrogens with one attached hydrogen (secondary N) is 1. The average Bonchev–Trinajstić information content (AvgIpc) is 3.17. The average molecular weight is 416 g/mol. The summed E-state index contributed by atoms with van der Waals surface area (Å²) in [7, 11) is 0. The summed E-state index contributed by atoms with van der Waals surface area (Å²) >= 11 is 1.47. The number of rotatable bonds is 6. The van der Waals surface area contributed by atoms with Gasteiger partial charge in [0.15, 0.2) is 0 Å². The molecule has 1 unspecified atom stereocenters. The molecule has 2 N–H and O–H groups in total. The number of aliphatic hydroxyl groups is 1. The van der Waals surface area contributed by atoms with Crippen molar-refractivity contribution >= 4 is 17.2 Å². The molecule has 0 aliphatic carbocycles. The number of nitrogens with zero attached hydrogens (tertiary/aromatic N) is 1. The minimum Gasteiger partial charge on any atom is -0.394 e. The van der Waals surface area contributed by atoms with Crippen LogP contribution in [0.3, 0.4) is 0 Å². The molecule has 3 aromatic rings. The maximum Gasteiger partial charge on any atom is 0.252 e. The number of aryl methyl sites for hydroxylation is 1. The zero-order chi connectivity index (χ0) is 21.1. The van der Waals surface area contributed by atoms with E-state index in [9.17, 15) is 18.7 Å². The van der Waals surface area contributed by atoms with Crippen molar-refractivity contribution in [1.82, 2.24) is 10.3 Å². The van der Waals surface area contributed by atoms with Gasteiger partial charge in [-0.15, -0.1) is 11.3 Å². The fourth-order valence-electron chi connectivity index (χ4n) is 2.98. The van der Waals surface area contributed by atoms with Crippen LogP contribution in [0.25, 0.3) is 11.1 Å². The number of carbonyl (C=O) groups excluding carboxylic acids is 1. The molecule has 3 rings (SSSR count). The van der Waals surface area contributed by atoms with Crippen molar-refractivity contribution in [3.8, 4) is 11.1 Å². The summed E-state index contributed by atoms with van der Waals surface area (Å²) in [5.74, 6) is -1.23.